The van der Waals surface area contributed by atoms with Gasteiger partial charge in [-0.1, -0.05) is 72.8 Å². The Morgan fingerprint density at radius 2 is 1.38 bits per heavy atom. The van der Waals surface area contributed by atoms with Crippen LogP contribution in [0.2, 0.25) is 5.82 Å². The van der Waals surface area contributed by atoms with Crippen LogP contribution in [0.25, 0.3) is 0 Å². The van der Waals surface area contributed by atoms with Crippen LogP contribution in [-0.2, 0) is 29.1 Å². The van der Waals surface area contributed by atoms with Crippen molar-refractivity contribution >= 4 is 19.3 Å². The molecule has 0 bridgehead atoms. The van der Waals surface area contributed by atoms with E-state index in [0.717, 1.165) is 42.7 Å². The lowest BCUT2D eigenvalue weighted by Gasteiger charge is -2.08. The van der Waals surface area contributed by atoms with Gasteiger partial charge in [0, 0.05) is 25.1 Å². The van der Waals surface area contributed by atoms with Crippen molar-refractivity contribution in [3.05, 3.63) is 101 Å². The number of alkyl carbamates (subject to hydrolysis) is 2. The number of ether oxygens (including phenoxy) is 3. The molecule has 0 saturated heterocycles. The summed E-state index contributed by atoms with van der Waals surface area (Å²) in [4.78, 5) is 23.2. The van der Waals surface area contributed by atoms with Crippen molar-refractivity contribution in [1.29, 1.82) is 0 Å². The minimum absolute atomic E-state index is 0.112. The topological polar surface area (TPSA) is 126 Å². The Bertz CT molecular complexity index is 1320. The molecule has 1 aliphatic heterocycles. The molecular formula is C32H37BN2O7. The van der Waals surface area contributed by atoms with Gasteiger partial charge in [0.1, 0.15) is 19.0 Å². The number of rotatable bonds is 10. The predicted octanol–water partition coefficient (Wildman–Crippen LogP) is 4.43. The standard InChI is InChI=1S/C20H21NO3.C12H16BNO4/c22-20(24-13-14-5-2-1-3-6-14)21-12-15-11-18(15)16-7-4-8-19-17(16)9-10-23-19;15-12(14-7-10-6-11(10)13(16)17)18-8-9-4-2-1-3-5-9/h1-8,15,18H,9-13H2,(H,21,22);1-5,10-11,16-17H,6-8H2,(H,14,15)/t15-,18+;10-,11+/m11/s1. The van der Waals surface area contributed by atoms with Crippen LogP contribution in [-0.4, -0.2) is 49.0 Å². The van der Waals surface area contributed by atoms with Crippen LogP contribution in [0.5, 0.6) is 5.75 Å². The normalized spacial score (nSPS) is 21.0. The number of benzene rings is 3. The maximum Gasteiger partial charge on any atom is 0.455 e. The molecule has 3 aliphatic rings. The lowest BCUT2D eigenvalue weighted by Crippen LogP contribution is -2.27. The fourth-order valence-corrected chi connectivity index (χ4v) is 5.30. The summed E-state index contributed by atoms with van der Waals surface area (Å²) in [6.45, 7) is 2.43. The van der Waals surface area contributed by atoms with Crippen molar-refractivity contribution in [2.75, 3.05) is 19.7 Å². The molecule has 1 heterocycles. The zero-order valence-electron chi connectivity index (χ0n) is 23.5. The van der Waals surface area contributed by atoms with Crippen LogP contribution < -0.4 is 15.4 Å². The summed E-state index contributed by atoms with van der Waals surface area (Å²) in [5, 5.41) is 23.3. The summed E-state index contributed by atoms with van der Waals surface area (Å²) in [7, 11) is -1.28. The number of amides is 2. The third-order valence-corrected chi connectivity index (χ3v) is 7.90. The highest BCUT2D eigenvalue weighted by Crippen LogP contribution is 2.50. The van der Waals surface area contributed by atoms with E-state index in [9.17, 15) is 9.59 Å². The van der Waals surface area contributed by atoms with Gasteiger partial charge in [0.2, 0.25) is 0 Å². The first kappa shape index (κ1) is 29.5. The minimum atomic E-state index is -1.28. The van der Waals surface area contributed by atoms with E-state index in [0.29, 0.717) is 31.5 Å². The summed E-state index contributed by atoms with van der Waals surface area (Å²) in [6, 6.07) is 25.5. The Labute approximate surface area is 246 Å². The number of carbonyl (C=O) groups excluding carboxylic acids is 2. The number of fused-ring (bicyclic) bond motifs is 1. The molecule has 3 aromatic rings. The van der Waals surface area contributed by atoms with E-state index in [-0.39, 0.29) is 24.4 Å². The van der Waals surface area contributed by atoms with Crippen LogP contribution in [0.15, 0.2) is 78.9 Å². The maximum atomic E-state index is 11.8. The SMILES string of the molecule is O=C(NC[C@H]1C[C@@H]1B(O)O)OCc1ccccc1.O=C(NC[C@H]1C[C@@H]1c1cccc2c1CCO2)OCc1ccccc1. The van der Waals surface area contributed by atoms with E-state index < -0.39 is 13.2 Å². The monoisotopic (exact) mass is 572 g/mol. The molecule has 0 aromatic heterocycles. The van der Waals surface area contributed by atoms with E-state index in [1.807, 2.05) is 66.7 Å². The van der Waals surface area contributed by atoms with E-state index in [1.54, 1.807) is 0 Å². The summed E-state index contributed by atoms with van der Waals surface area (Å²) in [5.74, 6) is 2.11. The van der Waals surface area contributed by atoms with Gasteiger partial charge in [-0.3, -0.25) is 0 Å². The molecule has 0 radical (unpaired) electrons. The molecule has 6 rings (SSSR count). The summed E-state index contributed by atoms with van der Waals surface area (Å²) < 4.78 is 15.9. The number of carbonyl (C=O) groups is 2. The average Bonchev–Trinajstić information content (AvgIpc) is 3.93. The predicted molar refractivity (Wildman–Crippen MR) is 158 cm³/mol. The van der Waals surface area contributed by atoms with Crippen molar-refractivity contribution in [2.24, 2.45) is 11.8 Å². The van der Waals surface area contributed by atoms with Gasteiger partial charge in [0.05, 0.1) is 6.61 Å². The molecule has 10 heteroatoms. The van der Waals surface area contributed by atoms with Gasteiger partial charge in [0.25, 0.3) is 0 Å². The second kappa shape index (κ2) is 14.2. The first-order valence-corrected chi connectivity index (χ1v) is 14.5. The van der Waals surface area contributed by atoms with Gasteiger partial charge < -0.3 is 34.9 Å². The first-order chi connectivity index (χ1) is 20.5. The Morgan fingerprint density at radius 1 is 0.786 bits per heavy atom. The Morgan fingerprint density at radius 3 is 1.95 bits per heavy atom. The van der Waals surface area contributed by atoms with Crippen LogP contribution in [0.1, 0.15) is 41.0 Å². The van der Waals surface area contributed by atoms with Crippen LogP contribution in [0, 0.1) is 11.8 Å². The zero-order chi connectivity index (χ0) is 29.3. The highest BCUT2D eigenvalue weighted by molar-refractivity contribution is 6.44. The molecule has 0 spiro atoms. The smallest absolute Gasteiger partial charge is 0.455 e. The third kappa shape index (κ3) is 8.50. The summed E-state index contributed by atoms with van der Waals surface area (Å²) >= 11 is 0. The number of nitrogens with one attached hydrogen (secondary N) is 2. The molecule has 3 aromatic carbocycles. The summed E-state index contributed by atoms with van der Waals surface area (Å²) in [5.41, 5.74) is 4.69. The van der Waals surface area contributed by atoms with Gasteiger partial charge in [0.15, 0.2) is 0 Å². The average molecular weight is 572 g/mol. The van der Waals surface area contributed by atoms with Gasteiger partial charge >= 0.3 is 19.3 Å². The van der Waals surface area contributed by atoms with Crippen molar-refractivity contribution in [3.63, 3.8) is 0 Å². The lowest BCUT2D eigenvalue weighted by atomic mass is 9.82. The number of hydrogen-bond donors (Lipinski definition) is 4. The third-order valence-electron chi connectivity index (χ3n) is 7.90. The summed E-state index contributed by atoms with van der Waals surface area (Å²) in [6.07, 6.45) is 2.04. The van der Waals surface area contributed by atoms with E-state index in [1.165, 1.54) is 11.1 Å². The van der Waals surface area contributed by atoms with Gasteiger partial charge in [-0.25, -0.2) is 9.59 Å². The lowest BCUT2D eigenvalue weighted by molar-refractivity contribution is 0.138. The van der Waals surface area contributed by atoms with Crippen molar-refractivity contribution in [3.8, 4) is 5.75 Å². The van der Waals surface area contributed by atoms with Gasteiger partial charge in [-0.2, -0.15) is 0 Å². The first-order valence-electron chi connectivity index (χ1n) is 14.5. The molecule has 2 saturated carbocycles. The van der Waals surface area contributed by atoms with Crippen LogP contribution >= 0.6 is 0 Å². The highest BCUT2D eigenvalue weighted by atomic mass is 16.6. The molecule has 4 atom stereocenters. The molecular weight excluding hydrogens is 535 g/mol. The second-order valence-electron chi connectivity index (χ2n) is 11.0. The van der Waals surface area contributed by atoms with Gasteiger partial charge in [-0.05, 0) is 59.2 Å². The fraction of sp³-hybridized carbons (Fsp3) is 0.375. The van der Waals surface area contributed by atoms with Crippen LogP contribution in [0.3, 0.4) is 0 Å². The van der Waals surface area contributed by atoms with Crippen molar-refractivity contribution in [2.45, 2.75) is 44.2 Å². The molecule has 9 nitrogen and oxygen atoms in total. The molecule has 220 valence electrons. The van der Waals surface area contributed by atoms with Crippen LogP contribution in [0.4, 0.5) is 9.59 Å². The zero-order valence-corrected chi connectivity index (χ0v) is 23.5. The molecule has 4 N–H and O–H groups in total. The van der Waals surface area contributed by atoms with Crippen molar-refractivity contribution < 1.29 is 33.8 Å². The highest BCUT2D eigenvalue weighted by Gasteiger charge is 2.45. The second-order valence-corrected chi connectivity index (χ2v) is 11.0. The van der Waals surface area contributed by atoms with E-state index in [4.69, 9.17) is 24.3 Å². The van der Waals surface area contributed by atoms with E-state index in [2.05, 4.69) is 22.8 Å². The molecule has 0 unspecified atom stereocenters. The molecule has 2 aliphatic carbocycles. The minimum Gasteiger partial charge on any atom is -0.493 e. The molecule has 2 fully saturated rings. The Balaban J connectivity index is 0.000000176. The van der Waals surface area contributed by atoms with Crippen molar-refractivity contribution in [1.82, 2.24) is 10.6 Å². The largest absolute Gasteiger partial charge is 0.493 e. The Hall–Kier alpha value is -4.02. The van der Waals surface area contributed by atoms with Gasteiger partial charge in [-0.15, -0.1) is 0 Å². The van der Waals surface area contributed by atoms with E-state index >= 15 is 0 Å². The number of hydrogen-bond acceptors (Lipinski definition) is 7. The fourth-order valence-electron chi connectivity index (χ4n) is 5.30. The quantitative estimate of drug-likeness (QED) is 0.265. The molecule has 2 amide bonds. The molecule has 42 heavy (non-hydrogen) atoms. The maximum absolute atomic E-state index is 11.8. The Kier molecular flexibility index (Phi) is 10.00.